The van der Waals surface area contributed by atoms with Crippen LogP contribution in [0, 0.1) is 0 Å². The van der Waals surface area contributed by atoms with Gasteiger partial charge in [0.2, 0.25) is 10.0 Å². The first-order valence-corrected chi connectivity index (χ1v) is 12.0. The zero-order valence-corrected chi connectivity index (χ0v) is 17.5. The highest BCUT2D eigenvalue weighted by molar-refractivity contribution is 7.89. The van der Waals surface area contributed by atoms with Crippen LogP contribution < -0.4 is 10.0 Å². The summed E-state index contributed by atoms with van der Waals surface area (Å²) in [5.74, 6) is -0.242. The van der Waals surface area contributed by atoms with E-state index in [0.29, 0.717) is 12.1 Å². The fourth-order valence-corrected chi connectivity index (χ4v) is 5.04. The molecule has 1 fully saturated rings. The standard InChI is InChI=1S/C20H27N3O3S2/c24-20(21-10-6-13-23-11-2-1-3-12-23)17-7-4-9-19(15-17)28(25,26)22-16-18-8-5-14-27-18/h4-5,7-9,14-15,22H,1-3,6,10-13,16H2,(H,21,24). The number of amides is 1. The van der Waals surface area contributed by atoms with E-state index in [1.807, 2.05) is 17.5 Å². The van der Waals surface area contributed by atoms with E-state index in [2.05, 4.69) is 14.9 Å². The average Bonchev–Trinajstić information content (AvgIpc) is 3.24. The Kier molecular flexibility index (Phi) is 7.61. The maximum absolute atomic E-state index is 12.5. The number of rotatable bonds is 9. The van der Waals surface area contributed by atoms with Gasteiger partial charge in [-0.25, -0.2) is 13.1 Å². The van der Waals surface area contributed by atoms with Crippen molar-refractivity contribution >= 4 is 27.3 Å². The lowest BCUT2D eigenvalue weighted by Gasteiger charge is -2.26. The lowest BCUT2D eigenvalue weighted by molar-refractivity contribution is 0.0951. The molecular formula is C20H27N3O3S2. The normalized spacial score (nSPS) is 15.4. The van der Waals surface area contributed by atoms with Crippen molar-refractivity contribution in [1.82, 2.24) is 14.9 Å². The van der Waals surface area contributed by atoms with Gasteiger partial charge in [-0.3, -0.25) is 4.79 Å². The number of carbonyl (C=O) groups excluding carboxylic acids is 1. The van der Waals surface area contributed by atoms with E-state index >= 15 is 0 Å². The van der Waals surface area contributed by atoms with Crippen LogP contribution in [0.1, 0.15) is 40.9 Å². The van der Waals surface area contributed by atoms with Crippen molar-refractivity contribution in [2.75, 3.05) is 26.2 Å². The highest BCUT2D eigenvalue weighted by atomic mass is 32.2. The van der Waals surface area contributed by atoms with Gasteiger partial charge >= 0.3 is 0 Å². The molecule has 1 aromatic carbocycles. The third kappa shape index (κ3) is 6.13. The SMILES string of the molecule is O=C(NCCCN1CCCCC1)c1cccc(S(=O)(=O)NCc2cccs2)c1. The Morgan fingerprint density at radius 3 is 2.68 bits per heavy atom. The Labute approximate surface area is 171 Å². The number of likely N-dealkylation sites (tertiary alicyclic amines) is 1. The van der Waals surface area contributed by atoms with E-state index in [1.165, 1.54) is 42.7 Å². The topological polar surface area (TPSA) is 78.5 Å². The van der Waals surface area contributed by atoms with Crippen molar-refractivity contribution in [3.05, 3.63) is 52.2 Å². The van der Waals surface area contributed by atoms with Gasteiger partial charge < -0.3 is 10.2 Å². The first-order chi connectivity index (χ1) is 13.5. The van der Waals surface area contributed by atoms with Crippen molar-refractivity contribution < 1.29 is 13.2 Å². The molecule has 3 rings (SSSR count). The molecule has 2 aromatic rings. The maximum Gasteiger partial charge on any atom is 0.251 e. The van der Waals surface area contributed by atoms with Crippen LogP contribution >= 0.6 is 11.3 Å². The van der Waals surface area contributed by atoms with E-state index in [4.69, 9.17) is 0 Å². The van der Waals surface area contributed by atoms with Gasteiger partial charge in [-0.2, -0.15) is 0 Å². The van der Waals surface area contributed by atoms with Crippen molar-refractivity contribution in [3.8, 4) is 0 Å². The lowest BCUT2D eigenvalue weighted by atomic mass is 10.1. The number of piperidine rings is 1. The van der Waals surface area contributed by atoms with Crippen LogP contribution in [0.4, 0.5) is 0 Å². The van der Waals surface area contributed by atoms with E-state index in [0.717, 1.165) is 30.9 Å². The molecule has 1 aromatic heterocycles. The summed E-state index contributed by atoms with van der Waals surface area (Å²) in [6.45, 7) is 4.11. The Morgan fingerprint density at radius 1 is 1.11 bits per heavy atom. The molecule has 0 aliphatic carbocycles. The molecular weight excluding hydrogens is 394 g/mol. The Bertz CT molecular complexity index is 861. The number of thiophene rings is 1. The number of benzene rings is 1. The monoisotopic (exact) mass is 421 g/mol. The summed E-state index contributed by atoms with van der Waals surface area (Å²) in [5.41, 5.74) is 0.358. The van der Waals surface area contributed by atoms with Gasteiger partial charge in [-0.1, -0.05) is 18.6 Å². The molecule has 0 saturated carbocycles. The minimum Gasteiger partial charge on any atom is -0.352 e. The van der Waals surface area contributed by atoms with Crippen LogP contribution in [0.25, 0.3) is 0 Å². The second-order valence-corrected chi connectivity index (χ2v) is 9.74. The molecule has 0 radical (unpaired) electrons. The van der Waals surface area contributed by atoms with Crippen LogP contribution in [-0.2, 0) is 16.6 Å². The summed E-state index contributed by atoms with van der Waals surface area (Å²) in [6, 6.07) is 9.92. The molecule has 6 nitrogen and oxygen atoms in total. The second kappa shape index (κ2) is 10.2. The highest BCUT2D eigenvalue weighted by Gasteiger charge is 2.16. The van der Waals surface area contributed by atoms with Gasteiger partial charge in [-0.05, 0) is 68.5 Å². The number of sulfonamides is 1. The molecule has 8 heteroatoms. The van der Waals surface area contributed by atoms with E-state index in [9.17, 15) is 13.2 Å². The lowest BCUT2D eigenvalue weighted by Crippen LogP contribution is -2.33. The number of hydrogen-bond donors (Lipinski definition) is 2. The number of hydrogen-bond acceptors (Lipinski definition) is 5. The highest BCUT2D eigenvalue weighted by Crippen LogP contribution is 2.14. The van der Waals surface area contributed by atoms with Crippen LogP contribution in [0.2, 0.25) is 0 Å². The Balaban J connectivity index is 1.50. The third-order valence-electron chi connectivity index (χ3n) is 4.81. The van der Waals surface area contributed by atoms with Crippen LogP contribution in [0.5, 0.6) is 0 Å². The zero-order chi connectivity index (χ0) is 19.8. The molecule has 1 amide bonds. The number of nitrogens with one attached hydrogen (secondary N) is 2. The Hall–Kier alpha value is -1.74. The predicted molar refractivity (Wildman–Crippen MR) is 112 cm³/mol. The second-order valence-electron chi connectivity index (χ2n) is 6.94. The van der Waals surface area contributed by atoms with Gasteiger partial charge in [0.25, 0.3) is 5.91 Å². The molecule has 0 atom stereocenters. The molecule has 0 spiro atoms. The van der Waals surface area contributed by atoms with E-state index < -0.39 is 10.0 Å². The third-order valence-corrected chi connectivity index (χ3v) is 7.08. The zero-order valence-electron chi connectivity index (χ0n) is 15.9. The van der Waals surface area contributed by atoms with Gasteiger partial charge in [-0.15, -0.1) is 11.3 Å². The molecule has 2 N–H and O–H groups in total. The Morgan fingerprint density at radius 2 is 1.93 bits per heavy atom. The summed E-state index contributed by atoms with van der Waals surface area (Å²) in [7, 11) is -3.66. The van der Waals surface area contributed by atoms with E-state index in [-0.39, 0.29) is 17.3 Å². The molecule has 152 valence electrons. The fraction of sp³-hybridized carbons (Fsp3) is 0.450. The first kappa shape index (κ1) is 21.0. The molecule has 0 unspecified atom stereocenters. The summed E-state index contributed by atoms with van der Waals surface area (Å²) in [6.07, 6.45) is 4.73. The number of carbonyl (C=O) groups is 1. The summed E-state index contributed by atoms with van der Waals surface area (Å²) < 4.78 is 27.6. The van der Waals surface area contributed by atoms with Crippen molar-refractivity contribution in [2.24, 2.45) is 0 Å². The average molecular weight is 422 g/mol. The van der Waals surface area contributed by atoms with Crippen LogP contribution in [0.3, 0.4) is 0 Å². The number of nitrogens with zero attached hydrogens (tertiary/aromatic N) is 1. The molecule has 0 bridgehead atoms. The van der Waals surface area contributed by atoms with E-state index in [1.54, 1.807) is 12.1 Å². The first-order valence-electron chi connectivity index (χ1n) is 9.67. The summed E-state index contributed by atoms with van der Waals surface area (Å²) >= 11 is 1.49. The summed E-state index contributed by atoms with van der Waals surface area (Å²) in [4.78, 5) is 15.9. The molecule has 1 aliphatic rings. The predicted octanol–water partition coefficient (Wildman–Crippen LogP) is 2.83. The van der Waals surface area contributed by atoms with Crippen molar-refractivity contribution in [2.45, 2.75) is 37.1 Å². The van der Waals surface area contributed by atoms with Gasteiger partial charge in [0, 0.05) is 23.5 Å². The minimum atomic E-state index is -3.66. The molecule has 2 heterocycles. The maximum atomic E-state index is 12.5. The quantitative estimate of drug-likeness (QED) is 0.611. The minimum absolute atomic E-state index is 0.102. The summed E-state index contributed by atoms with van der Waals surface area (Å²) in [5, 5.41) is 4.80. The van der Waals surface area contributed by atoms with Gasteiger partial charge in [0.05, 0.1) is 4.90 Å². The molecule has 1 saturated heterocycles. The van der Waals surface area contributed by atoms with Gasteiger partial charge in [0.15, 0.2) is 0 Å². The largest absolute Gasteiger partial charge is 0.352 e. The van der Waals surface area contributed by atoms with Crippen LogP contribution in [0.15, 0.2) is 46.7 Å². The van der Waals surface area contributed by atoms with Crippen LogP contribution in [-0.4, -0.2) is 45.4 Å². The van der Waals surface area contributed by atoms with Crippen molar-refractivity contribution in [1.29, 1.82) is 0 Å². The smallest absolute Gasteiger partial charge is 0.251 e. The molecule has 1 aliphatic heterocycles. The molecule has 28 heavy (non-hydrogen) atoms. The van der Waals surface area contributed by atoms with Gasteiger partial charge in [0.1, 0.15) is 0 Å². The van der Waals surface area contributed by atoms with Crippen molar-refractivity contribution in [3.63, 3.8) is 0 Å². The fourth-order valence-electron chi connectivity index (χ4n) is 3.26.